The highest BCUT2D eigenvalue weighted by atomic mass is 16.4. The lowest BCUT2D eigenvalue weighted by Gasteiger charge is -2.15. The maximum Gasteiger partial charge on any atom is 0.303 e. The van der Waals surface area contributed by atoms with Gasteiger partial charge in [-0.1, -0.05) is 30.3 Å². The number of carbonyl (C=O) groups is 2. The lowest BCUT2D eigenvalue weighted by Crippen LogP contribution is -2.34. The summed E-state index contributed by atoms with van der Waals surface area (Å²) in [5.74, 6) is -0.749. The SMILES string of the molecule is O=C(O)CCCNC(=O)C1(Cc2ccccc2)CC1. The number of hydrogen-bond acceptors (Lipinski definition) is 2. The fourth-order valence-electron chi connectivity index (χ4n) is 2.25. The van der Waals surface area contributed by atoms with Crippen molar-refractivity contribution in [3.8, 4) is 0 Å². The lowest BCUT2D eigenvalue weighted by atomic mass is 9.95. The zero-order chi connectivity index (χ0) is 13.7. The molecule has 2 rings (SSSR count). The molecule has 0 aliphatic heterocycles. The van der Waals surface area contributed by atoms with E-state index in [0.717, 1.165) is 19.3 Å². The summed E-state index contributed by atoms with van der Waals surface area (Å²) in [6.45, 7) is 0.446. The van der Waals surface area contributed by atoms with E-state index in [1.54, 1.807) is 0 Å². The zero-order valence-corrected chi connectivity index (χ0v) is 10.9. The van der Waals surface area contributed by atoms with Gasteiger partial charge in [-0.25, -0.2) is 0 Å². The number of carboxylic acids is 1. The smallest absolute Gasteiger partial charge is 0.303 e. The van der Waals surface area contributed by atoms with Gasteiger partial charge < -0.3 is 10.4 Å². The van der Waals surface area contributed by atoms with Crippen molar-refractivity contribution in [3.05, 3.63) is 35.9 Å². The first-order valence-corrected chi connectivity index (χ1v) is 6.66. The van der Waals surface area contributed by atoms with Crippen LogP contribution >= 0.6 is 0 Å². The minimum atomic E-state index is -0.820. The summed E-state index contributed by atoms with van der Waals surface area (Å²) in [5, 5.41) is 11.4. The Morgan fingerprint density at radius 1 is 1.21 bits per heavy atom. The average Bonchev–Trinajstić information content (AvgIpc) is 3.16. The minimum absolute atomic E-state index is 0.0711. The molecule has 0 saturated heterocycles. The second-order valence-corrected chi connectivity index (χ2v) is 5.20. The van der Waals surface area contributed by atoms with Crippen molar-refractivity contribution in [2.24, 2.45) is 5.41 Å². The molecular formula is C15H19NO3. The Morgan fingerprint density at radius 3 is 2.47 bits per heavy atom. The third-order valence-electron chi connectivity index (χ3n) is 3.57. The molecule has 1 amide bonds. The van der Waals surface area contributed by atoms with Crippen LogP contribution in [0.5, 0.6) is 0 Å². The van der Waals surface area contributed by atoms with Gasteiger partial charge in [0.1, 0.15) is 0 Å². The van der Waals surface area contributed by atoms with Crippen LogP contribution in [0, 0.1) is 5.41 Å². The third-order valence-corrected chi connectivity index (χ3v) is 3.57. The Morgan fingerprint density at radius 2 is 1.89 bits per heavy atom. The number of hydrogen-bond donors (Lipinski definition) is 2. The maximum absolute atomic E-state index is 12.1. The molecule has 4 heteroatoms. The monoisotopic (exact) mass is 261 g/mol. The van der Waals surface area contributed by atoms with Crippen LogP contribution in [0.2, 0.25) is 0 Å². The maximum atomic E-state index is 12.1. The number of carboxylic acid groups (broad SMARTS) is 1. The predicted molar refractivity (Wildman–Crippen MR) is 71.7 cm³/mol. The van der Waals surface area contributed by atoms with Gasteiger partial charge >= 0.3 is 5.97 Å². The molecule has 0 atom stereocenters. The van der Waals surface area contributed by atoms with E-state index in [1.807, 2.05) is 30.3 Å². The summed E-state index contributed by atoms with van der Waals surface area (Å²) >= 11 is 0. The summed E-state index contributed by atoms with van der Waals surface area (Å²) in [7, 11) is 0. The highest BCUT2D eigenvalue weighted by molar-refractivity contribution is 5.85. The van der Waals surface area contributed by atoms with Crippen molar-refractivity contribution in [3.63, 3.8) is 0 Å². The van der Waals surface area contributed by atoms with E-state index in [1.165, 1.54) is 5.56 Å². The fourth-order valence-corrected chi connectivity index (χ4v) is 2.25. The Bertz CT molecular complexity index is 452. The molecule has 0 radical (unpaired) electrons. The number of amides is 1. The Hall–Kier alpha value is -1.84. The van der Waals surface area contributed by atoms with E-state index in [-0.39, 0.29) is 17.7 Å². The molecule has 0 heterocycles. The minimum Gasteiger partial charge on any atom is -0.481 e. The van der Waals surface area contributed by atoms with Crippen molar-refractivity contribution in [1.82, 2.24) is 5.32 Å². The van der Waals surface area contributed by atoms with E-state index in [9.17, 15) is 9.59 Å². The average molecular weight is 261 g/mol. The van der Waals surface area contributed by atoms with Crippen molar-refractivity contribution in [1.29, 1.82) is 0 Å². The van der Waals surface area contributed by atoms with Crippen molar-refractivity contribution in [2.45, 2.75) is 32.1 Å². The molecule has 0 unspecified atom stereocenters. The Balaban J connectivity index is 1.80. The highest BCUT2D eigenvalue weighted by Crippen LogP contribution is 2.48. The summed E-state index contributed by atoms with van der Waals surface area (Å²) in [4.78, 5) is 22.5. The summed E-state index contributed by atoms with van der Waals surface area (Å²) < 4.78 is 0. The van der Waals surface area contributed by atoms with E-state index < -0.39 is 5.97 Å². The van der Waals surface area contributed by atoms with Gasteiger partial charge in [0.15, 0.2) is 0 Å². The van der Waals surface area contributed by atoms with Crippen molar-refractivity contribution >= 4 is 11.9 Å². The van der Waals surface area contributed by atoms with Crippen LogP contribution in [0.25, 0.3) is 0 Å². The normalized spacial score (nSPS) is 15.8. The number of benzene rings is 1. The summed E-state index contributed by atoms with van der Waals surface area (Å²) in [6, 6.07) is 10.0. The molecule has 1 aromatic carbocycles. The largest absolute Gasteiger partial charge is 0.481 e. The molecule has 19 heavy (non-hydrogen) atoms. The van der Waals surface area contributed by atoms with Gasteiger partial charge in [-0.3, -0.25) is 9.59 Å². The number of nitrogens with one attached hydrogen (secondary N) is 1. The van der Waals surface area contributed by atoms with Gasteiger partial charge in [-0.15, -0.1) is 0 Å². The molecule has 1 aromatic rings. The quantitative estimate of drug-likeness (QED) is 0.738. The molecule has 1 saturated carbocycles. The van der Waals surface area contributed by atoms with Gasteiger partial charge in [-0.05, 0) is 31.2 Å². The first-order valence-electron chi connectivity index (χ1n) is 6.66. The van der Waals surface area contributed by atoms with Gasteiger partial charge in [-0.2, -0.15) is 0 Å². The second-order valence-electron chi connectivity index (χ2n) is 5.20. The molecule has 0 spiro atoms. The number of carbonyl (C=O) groups excluding carboxylic acids is 1. The molecule has 4 nitrogen and oxygen atoms in total. The van der Waals surface area contributed by atoms with Gasteiger partial charge in [0.05, 0.1) is 5.41 Å². The van der Waals surface area contributed by atoms with Crippen LogP contribution in [-0.2, 0) is 16.0 Å². The zero-order valence-electron chi connectivity index (χ0n) is 10.9. The van der Waals surface area contributed by atoms with Crippen LogP contribution in [0.3, 0.4) is 0 Å². The van der Waals surface area contributed by atoms with E-state index in [2.05, 4.69) is 5.32 Å². The molecule has 1 fully saturated rings. The van der Waals surface area contributed by atoms with Gasteiger partial charge in [0.25, 0.3) is 0 Å². The van der Waals surface area contributed by atoms with Crippen LogP contribution in [0.15, 0.2) is 30.3 Å². The molecule has 0 bridgehead atoms. The summed E-state index contributed by atoms with van der Waals surface area (Å²) in [5.41, 5.74) is 0.936. The van der Waals surface area contributed by atoms with Crippen LogP contribution in [0.4, 0.5) is 0 Å². The fraction of sp³-hybridized carbons (Fsp3) is 0.467. The van der Waals surface area contributed by atoms with Crippen molar-refractivity contribution < 1.29 is 14.7 Å². The Labute approximate surface area is 112 Å². The lowest BCUT2D eigenvalue weighted by molar-refractivity contribution is -0.137. The van der Waals surface area contributed by atoms with Crippen molar-refractivity contribution in [2.75, 3.05) is 6.54 Å². The summed E-state index contributed by atoms with van der Waals surface area (Å²) in [6.07, 6.45) is 3.21. The molecule has 2 N–H and O–H groups in total. The molecular weight excluding hydrogens is 242 g/mol. The number of aliphatic carboxylic acids is 1. The topological polar surface area (TPSA) is 66.4 Å². The standard InChI is InChI=1S/C15H19NO3/c17-13(18)7-4-10-16-14(19)15(8-9-15)11-12-5-2-1-3-6-12/h1-3,5-6H,4,7-11H2,(H,16,19)(H,17,18). The van der Waals surface area contributed by atoms with E-state index >= 15 is 0 Å². The predicted octanol–water partition coefficient (Wildman–Crippen LogP) is 1.99. The molecule has 1 aliphatic rings. The Kier molecular flexibility index (Phi) is 4.20. The molecule has 102 valence electrons. The van der Waals surface area contributed by atoms with Crippen LogP contribution < -0.4 is 5.32 Å². The van der Waals surface area contributed by atoms with Crippen LogP contribution in [-0.4, -0.2) is 23.5 Å². The van der Waals surface area contributed by atoms with Gasteiger partial charge in [0.2, 0.25) is 5.91 Å². The molecule has 0 aromatic heterocycles. The molecule has 1 aliphatic carbocycles. The van der Waals surface area contributed by atoms with E-state index in [0.29, 0.717) is 13.0 Å². The van der Waals surface area contributed by atoms with E-state index in [4.69, 9.17) is 5.11 Å². The third kappa shape index (κ3) is 3.81. The van der Waals surface area contributed by atoms with Gasteiger partial charge in [0, 0.05) is 13.0 Å². The second kappa shape index (κ2) is 5.87. The highest BCUT2D eigenvalue weighted by Gasteiger charge is 2.49. The van der Waals surface area contributed by atoms with Crippen LogP contribution in [0.1, 0.15) is 31.2 Å². The first kappa shape index (κ1) is 13.6. The number of rotatable bonds is 7. The first-order chi connectivity index (χ1) is 9.12.